The number of hydrazone groups is 1. The average Bonchev–Trinajstić information content (AvgIpc) is 3.06. The molecule has 0 aliphatic heterocycles. The first-order valence-electron chi connectivity index (χ1n) is 10.5. The van der Waals surface area contributed by atoms with Gasteiger partial charge in [-0.1, -0.05) is 60.1 Å². The zero-order chi connectivity index (χ0) is 24.3. The molecule has 1 amide bonds. The van der Waals surface area contributed by atoms with Crippen molar-refractivity contribution in [2.45, 2.75) is 26.1 Å². The Labute approximate surface area is 199 Å². The van der Waals surface area contributed by atoms with Crippen LogP contribution in [0.1, 0.15) is 27.9 Å². The van der Waals surface area contributed by atoms with E-state index in [1.165, 1.54) is 12.1 Å². The summed E-state index contributed by atoms with van der Waals surface area (Å²) < 4.78 is 40.8. The van der Waals surface area contributed by atoms with E-state index in [9.17, 15) is 18.0 Å². The fraction of sp³-hybridized carbons (Fsp3) is 0.154. The van der Waals surface area contributed by atoms with Gasteiger partial charge in [0.15, 0.2) is 0 Å². The summed E-state index contributed by atoms with van der Waals surface area (Å²) in [5.74, 6) is -0.502. The number of nitrogens with one attached hydrogen (secondary N) is 1. The van der Waals surface area contributed by atoms with Crippen molar-refractivity contribution in [1.82, 2.24) is 9.99 Å². The summed E-state index contributed by atoms with van der Waals surface area (Å²) in [5, 5.41) is 5.72. The van der Waals surface area contributed by atoms with Crippen LogP contribution >= 0.6 is 11.6 Å². The highest BCUT2D eigenvalue weighted by atomic mass is 35.5. The molecule has 34 heavy (non-hydrogen) atoms. The van der Waals surface area contributed by atoms with E-state index in [0.29, 0.717) is 11.6 Å². The predicted octanol–water partition coefficient (Wildman–Crippen LogP) is 6.36. The topological polar surface area (TPSA) is 46.4 Å². The van der Waals surface area contributed by atoms with E-state index < -0.39 is 17.6 Å². The zero-order valence-corrected chi connectivity index (χ0v) is 19.0. The minimum atomic E-state index is -4.46. The molecule has 174 valence electrons. The minimum Gasteiger partial charge on any atom is -0.340 e. The third-order valence-corrected chi connectivity index (χ3v) is 5.79. The summed E-state index contributed by atoms with van der Waals surface area (Å²) in [7, 11) is 0. The van der Waals surface area contributed by atoms with Crippen LogP contribution in [0.5, 0.6) is 0 Å². The van der Waals surface area contributed by atoms with Crippen LogP contribution < -0.4 is 5.43 Å². The molecule has 0 saturated heterocycles. The molecule has 3 aromatic carbocycles. The first-order chi connectivity index (χ1) is 16.2. The number of hydrogen-bond acceptors (Lipinski definition) is 2. The molecule has 1 N–H and O–H groups in total. The average molecular weight is 484 g/mol. The van der Waals surface area contributed by atoms with Gasteiger partial charge in [0.25, 0.3) is 0 Å². The molecule has 0 spiro atoms. The standard InChI is InChI=1S/C26H21ClF3N3O/c1-17-23(15-31-32-25(34)14-19-5-4-6-20(13-19)26(28,29)30)22-7-2-3-8-24(22)33(17)16-18-9-11-21(27)12-10-18/h2-13,15H,14,16H2,1H3,(H,32,34)/b31-15+. The molecule has 0 fully saturated rings. The van der Waals surface area contributed by atoms with Crippen LogP contribution in [0.4, 0.5) is 13.2 Å². The van der Waals surface area contributed by atoms with Crippen LogP contribution in [0.25, 0.3) is 10.9 Å². The number of rotatable bonds is 6. The number of alkyl halides is 3. The maximum atomic E-state index is 12.9. The second kappa shape index (κ2) is 9.73. The van der Waals surface area contributed by atoms with Crippen LogP contribution in [0, 0.1) is 6.92 Å². The van der Waals surface area contributed by atoms with Crippen molar-refractivity contribution in [3.05, 3.63) is 106 Å². The molecule has 4 rings (SSSR count). The summed E-state index contributed by atoms with van der Waals surface area (Å²) >= 11 is 6.00. The van der Waals surface area contributed by atoms with E-state index >= 15 is 0 Å². The Bertz CT molecular complexity index is 1360. The molecular formula is C26H21ClF3N3O. The molecule has 0 atom stereocenters. The van der Waals surface area contributed by atoms with E-state index in [0.717, 1.165) is 39.9 Å². The van der Waals surface area contributed by atoms with Gasteiger partial charge in [0.05, 0.1) is 18.2 Å². The van der Waals surface area contributed by atoms with E-state index in [-0.39, 0.29) is 12.0 Å². The van der Waals surface area contributed by atoms with Crippen LogP contribution in [-0.4, -0.2) is 16.7 Å². The lowest BCUT2D eigenvalue weighted by Crippen LogP contribution is -2.20. The number of hydrogen-bond donors (Lipinski definition) is 1. The van der Waals surface area contributed by atoms with Gasteiger partial charge in [-0.15, -0.1) is 0 Å². The predicted molar refractivity (Wildman–Crippen MR) is 128 cm³/mol. The quantitative estimate of drug-likeness (QED) is 0.251. The highest BCUT2D eigenvalue weighted by Crippen LogP contribution is 2.29. The van der Waals surface area contributed by atoms with E-state index in [1.807, 2.05) is 55.5 Å². The number of amides is 1. The van der Waals surface area contributed by atoms with Gasteiger partial charge in [-0.05, 0) is 42.3 Å². The molecule has 4 aromatic rings. The van der Waals surface area contributed by atoms with Crippen molar-refractivity contribution in [3.8, 4) is 0 Å². The summed E-state index contributed by atoms with van der Waals surface area (Å²) in [4.78, 5) is 12.3. The second-order valence-corrected chi connectivity index (χ2v) is 8.33. The molecular weight excluding hydrogens is 463 g/mol. The molecule has 0 radical (unpaired) electrons. The van der Waals surface area contributed by atoms with E-state index in [4.69, 9.17) is 11.6 Å². The summed E-state index contributed by atoms with van der Waals surface area (Å²) in [6.45, 7) is 2.61. The Morgan fingerprint density at radius 2 is 1.76 bits per heavy atom. The lowest BCUT2D eigenvalue weighted by molar-refractivity contribution is -0.137. The van der Waals surface area contributed by atoms with Gasteiger partial charge in [0.2, 0.25) is 5.91 Å². The summed E-state index contributed by atoms with van der Waals surface area (Å²) in [6.07, 6.45) is -3.10. The molecule has 4 nitrogen and oxygen atoms in total. The van der Waals surface area contributed by atoms with Crippen LogP contribution in [0.15, 0.2) is 77.9 Å². The van der Waals surface area contributed by atoms with Crippen molar-refractivity contribution in [1.29, 1.82) is 0 Å². The molecule has 1 heterocycles. The third kappa shape index (κ3) is 5.31. The zero-order valence-electron chi connectivity index (χ0n) is 18.2. The lowest BCUT2D eigenvalue weighted by Gasteiger charge is -2.09. The maximum Gasteiger partial charge on any atom is 0.416 e. The number of carbonyl (C=O) groups excluding carboxylic acids is 1. The van der Waals surface area contributed by atoms with Crippen molar-refractivity contribution in [3.63, 3.8) is 0 Å². The van der Waals surface area contributed by atoms with Crippen LogP contribution in [-0.2, 0) is 23.9 Å². The third-order valence-electron chi connectivity index (χ3n) is 5.54. The van der Waals surface area contributed by atoms with Crippen molar-refractivity contribution in [2.24, 2.45) is 5.10 Å². The fourth-order valence-corrected chi connectivity index (χ4v) is 3.97. The van der Waals surface area contributed by atoms with Gasteiger partial charge in [-0.2, -0.15) is 18.3 Å². The molecule has 0 bridgehead atoms. The van der Waals surface area contributed by atoms with Gasteiger partial charge in [0.1, 0.15) is 0 Å². The summed E-state index contributed by atoms with van der Waals surface area (Å²) in [5.41, 5.74) is 5.82. The molecule has 8 heteroatoms. The number of benzene rings is 3. The Kier molecular flexibility index (Phi) is 6.75. The van der Waals surface area contributed by atoms with Gasteiger partial charge in [-0.25, -0.2) is 5.43 Å². The SMILES string of the molecule is Cc1c(/C=N/NC(=O)Cc2cccc(C(F)(F)F)c2)c2ccccc2n1Cc1ccc(Cl)cc1. The molecule has 1 aromatic heterocycles. The molecule has 0 aliphatic carbocycles. The first-order valence-corrected chi connectivity index (χ1v) is 10.9. The van der Waals surface area contributed by atoms with E-state index in [2.05, 4.69) is 15.1 Å². The van der Waals surface area contributed by atoms with Gasteiger partial charge < -0.3 is 4.57 Å². The number of para-hydroxylation sites is 1. The molecule has 0 unspecified atom stereocenters. The van der Waals surface area contributed by atoms with Crippen LogP contribution in [0.3, 0.4) is 0 Å². The van der Waals surface area contributed by atoms with E-state index in [1.54, 1.807) is 6.21 Å². The van der Waals surface area contributed by atoms with Gasteiger partial charge in [0, 0.05) is 33.7 Å². The molecule has 0 saturated carbocycles. The normalized spacial score (nSPS) is 11.9. The lowest BCUT2D eigenvalue weighted by atomic mass is 10.1. The first kappa shape index (κ1) is 23.6. The molecule has 0 aliphatic rings. The van der Waals surface area contributed by atoms with Crippen molar-refractivity contribution >= 4 is 34.6 Å². The smallest absolute Gasteiger partial charge is 0.340 e. The monoisotopic (exact) mass is 483 g/mol. The van der Waals surface area contributed by atoms with Crippen LogP contribution in [0.2, 0.25) is 5.02 Å². The number of fused-ring (bicyclic) bond motifs is 1. The summed E-state index contributed by atoms with van der Waals surface area (Å²) in [6, 6.07) is 20.2. The Balaban J connectivity index is 1.52. The van der Waals surface area contributed by atoms with Gasteiger partial charge in [-0.3, -0.25) is 4.79 Å². The minimum absolute atomic E-state index is 0.210. The highest BCUT2D eigenvalue weighted by Gasteiger charge is 2.30. The maximum absolute atomic E-state index is 12.9. The Hall–Kier alpha value is -3.58. The Morgan fingerprint density at radius 1 is 1.03 bits per heavy atom. The number of carbonyl (C=O) groups is 1. The van der Waals surface area contributed by atoms with Crippen molar-refractivity contribution in [2.75, 3.05) is 0 Å². The number of nitrogens with zero attached hydrogens (tertiary/aromatic N) is 2. The number of aromatic nitrogens is 1. The Morgan fingerprint density at radius 3 is 2.50 bits per heavy atom. The number of halogens is 4. The highest BCUT2D eigenvalue weighted by molar-refractivity contribution is 6.30. The largest absolute Gasteiger partial charge is 0.416 e. The fourth-order valence-electron chi connectivity index (χ4n) is 3.85. The second-order valence-electron chi connectivity index (χ2n) is 7.90. The van der Waals surface area contributed by atoms with Gasteiger partial charge >= 0.3 is 6.18 Å². The van der Waals surface area contributed by atoms with Crippen molar-refractivity contribution < 1.29 is 18.0 Å².